The molecule has 2 heterocycles. The highest BCUT2D eigenvalue weighted by molar-refractivity contribution is 5.80. The summed E-state index contributed by atoms with van der Waals surface area (Å²) >= 11 is 0. The van der Waals surface area contributed by atoms with E-state index >= 15 is 0 Å². The Morgan fingerprint density at radius 3 is 2.46 bits per heavy atom. The highest BCUT2D eigenvalue weighted by Gasteiger charge is 2.44. The number of rotatable bonds is 2. The van der Waals surface area contributed by atoms with Gasteiger partial charge in [0.05, 0.1) is 0 Å². The van der Waals surface area contributed by atoms with Gasteiger partial charge in [-0.3, -0.25) is 4.79 Å². The van der Waals surface area contributed by atoms with Gasteiger partial charge in [0, 0.05) is 30.5 Å². The number of carbonyl (C=O) groups excluding carboxylic acids is 1. The lowest BCUT2D eigenvalue weighted by atomic mass is 9.77. The minimum atomic E-state index is 0.326. The average Bonchev–Trinajstić information content (AvgIpc) is 2.75. The number of benzene rings is 1. The number of amides is 1. The zero-order valence-corrected chi connectivity index (χ0v) is 14.9. The maximum atomic E-state index is 13.0. The second-order valence-corrected chi connectivity index (χ2v) is 8.00. The Hall–Kier alpha value is -1.35. The fourth-order valence-electron chi connectivity index (χ4n) is 5.09. The Bertz CT molecular complexity index is 568. The van der Waals surface area contributed by atoms with Gasteiger partial charge in [-0.15, -0.1) is 0 Å². The van der Waals surface area contributed by atoms with Crippen LogP contribution >= 0.6 is 0 Å². The van der Waals surface area contributed by atoms with Crippen LogP contribution in [0.5, 0.6) is 0 Å². The largest absolute Gasteiger partial charge is 0.338 e. The molecule has 0 radical (unpaired) electrons. The van der Waals surface area contributed by atoms with E-state index in [0.717, 1.165) is 32.4 Å². The fourth-order valence-corrected chi connectivity index (χ4v) is 5.09. The quantitative estimate of drug-likeness (QED) is 0.828. The van der Waals surface area contributed by atoms with Gasteiger partial charge in [0.1, 0.15) is 0 Å². The molecule has 1 aliphatic carbocycles. The molecule has 1 saturated carbocycles. The van der Waals surface area contributed by atoms with Crippen molar-refractivity contribution in [1.82, 2.24) is 9.80 Å². The molecule has 0 N–H and O–H groups in total. The zero-order chi connectivity index (χ0) is 16.5. The SMILES string of the molecule is CN1CCCC[C@@H]2[C@H]1[C@@H](c1ccccc1)CCN2C(=O)C1CCC1. The monoisotopic (exact) mass is 326 g/mol. The third-order valence-electron chi connectivity index (χ3n) is 6.62. The molecule has 0 unspecified atom stereocenters. The second-order valence-electron chi connectivity index (χ2n) is 8.00. The van der Waals surface area contributed by atoms with E-state index in [-0.39, 0.29) is 0 Å². The third kappa shape index (κ3) is 2.88. The van der Waals surface area contributed by atoms with Gasteiger partial charge >= 0.3 is 0 Å². The lowest BCUT2D eigenvalue weighted by Gasteiger charge is -2.49. The number of fused-ring (bicyclic) bond motifs is 1. The van der Waals surface area contributed by atoms with Crippen LogP contribution in [0, 0.1) is 5.92 Å². The van der Waals surface area contributed by atoms with Crippen LogP contribution in [-0.2, 0) is 4.79 Å². The third-order valence-corrected chi connectivity index (χ3v) is 6.62. The molecule has 3 nitrogen and oxygen atoms in total. The molecule has 1 amide bonds. The minimum absolute atomic E-state index is 0.326. The first-order chi connectivity index (χ1) is 11.8. The number of piperidine rings is 1. The number of likely N-dealkylation sites (tertiary alicyclic amines) is 2. The van der Waals surface area contributed by atoms with Crippen molar-refractivity contribution < 1.29 is 4.79 Å². The van der Waals surface area contributed by atoms with Crippen LogP contribution in [0.25, 0.3) is 0 Å². The van der Waals surface area contributed by atoms with Crippen molar-refractivity contribution >= 4 is 5.91 Å². The summed E-state index contributed by atoms with van der Waals surface area (Å²) in [7, 11) is 2.27. The molecule has 2 saturated heterocycles. The van der Waals surface area contributed by atoms with Crippen molar-refractivity contribution in [3.8, 4) is 0 Å². The summed E-state index contributed by atoms with van der Waals surface area (Å²) in [4.78, 5) is 17.8. The van der Waals surface area contributed by atoms with E-state index in [0.29, 0.717) is 29.8 Å². The summed E-state index contributed by atoms with van der Waals surface area (Å²) in [5, 5.41) is 0. The number of nitrogens with zero attached hydrogens (tertiary/aromatic N) is 2. The number of likely N-dealkylation sites (N-methyl/N-ethyl adjacent to an activating group) is 1. The summed E-state index contributed by atoms with van der Waals surface area (Å²) in [6, 6.07) is 11.9. The van der Waals surface area contributed by atoms with Crippen molar-refractivity contribution in [2.24, 2.45) is 5.92 Å². The van der Waals surface area contributed by atoms with E-state index in [1.165, 1.54) is 31.2 Å². The number of hydrogen-bond acceptors (Lipinski definition) is 2. The van der Waals surface area contributed by atoms with Gasteiger partial charge < -0.3 is 9.80 Å². The molecule has 0 spiro atoms. The van der Waals surface area contributed by atoms with E-state index in [1.807, 2.05) is 0 Å². The smallest absolute Gasteiger partial charge is 0.225 e. The van der Waals surface area contributed by atoms with E-state index < -0.39 is 0 Å². The molecule has 0 bridgehead atoms. The molecule has 1 aromatic rings. The summed E-state index contributed by atoms with van der Waals surface area (Å²) in [6.45, 7) is 2.11. The Morgan fingerprint density at radius 1 is 0.958 bits per heavy atom. The molecule has 3 aliphatic rings. The summed E-state index contributed by atoms with van der Waals surface area (Å²) < 4.78 is 0. The van der Waals surface area contributed by atoms with Gasteiger partial charge in [-0.1, -0.05) is 43.2 Å². The van der Waals surface area contributed by atoms with Crippen LogP contribution in [0.4, 0.5) is 0 Å². The maximum Gasteiger partial charge on any atom is 0.225 e. The van der Waals surface area contributed by atoms with Crippen LogP contribution in [-0.4, -0.2) is 47.9 Å². The van der Waals surface area contributed by atoms with Crippen LogP contribution in [0.2, 0.25) is 0 Å². The Kier molecular flexibility index (Phi) is 4.62. The van der Waals surface area contributed by atoms with Crippen molar-refractivity contribution in [2.45, 2.75) is 62.9 Å². The van der Waals surface area contributed by atoms with Crippen molar-refractivity contribution in [3.63, 3.8) is 0 Å². The van der Waals surface area contributed by atoms with Crippen molar-refractivity contribution in [1.29, 1.82) is 0 Å². The van der Waals surface area contributed by atoms with E-state index in [4.69, 9.17) is 0 Å². The second kappa shape index (κ2) is 6.87. The van der Waals surface area contributed by atoms with Gasteiger partial charge in [-0.2, -0.15) is 0 Å². The van der Waals surface area contributed by atoms with Crippen LogP contribution in [0.1, 0.15) is 56.4 Å². The van der Waals surface area contributed by atoms with Crippen molar-refractivity contribution in [3.05, 3.63) is 35.9 Å². The van der Waals surface area contributed by atoms with Crippen LogP contribution < -0.4 is 0 Å². The van der Waals surface area contributed by atoms with E-state index in [9.17, 15) is 4.79 Å². The highest BCUT2D eigenvalue weighted by Crippen LogP contribution is 2.40. The summed E-state index contributed by atoms with van der Waals surface area (Å²) in [5.74, 6) is 1.34. The lowest BCUT2D eigenvalue weighted by Crippen LogP contribution is -2.59. The Morgan fingerprint density at radius 2 is 1.75 bits per heavy atom. The Balaban J connectivity index is 1.63. The number of carbonyl (C=O) groups is 1. The molecule has 0 aromatic heterocycles. The van der Waals surface area contributed by atoms with Gasteiger partial charge in [0.25, 0.3) is 0 Å². The highest BCUT2D eigenvalue weighted by atomic mass is 16.2. The van der Waals surface area contributed by atoms with Crippen LogP contribution in [0.15, 0.2) is 30.3 Å². The molecule has 3 fully saturated rings. The standard InChI is InChI=1S/C21H30N2O/c1-22-14-6-5-12-19-20(22)18(16-8-3-2-4-9-16)13-15-23(19)21(24)17-10-7-11-17/h2-4,8-9,17-20H,5-7,10-15H2,1H3/t18-,19-,20-/m1/s1. The molecular weight excluding hydrogens is 296 g/mol. The molecule has 24 heavy (non-hydrogen) atoms. The van der Waals surface area contributed by atoms with E-state index in [2.05, 4.69) is 47.2 Å². The van der Waals surface area contributed by atoms with Gasteiger partial charge in [-0.05, 0) is 51.3 Å². The van der Waals surface area contributed by atoms with Gasteiger partial charge in [0.15, 0.2) is 0 Å². The van der Waals surface area contributed by atoms with Crippen molar-refractivity contribution in [2.75, 3.05) is 20.1 Å². The maximum absolute atomic E-state index is 13.0. The molecule has 3 heteroatoms. The van der Waals surface area contributed by atoms with Gasteiger partial charge in [-0.25, -0.2) is 0 Å². The lowest BCUT2D eigenvalue weighted by molar-refractivity contribution is -0.144. The normalized spacial score (nSPS) is 31.9. The fraction of sp³-hybridized carbons (Fsp3) is 0.667. The van der Waals surface area contributed by atoms with E-state index in [1.54, 1.807) is 0 Å². The molecular formula is C21H30N2O. The molecule has 1 aromatic carbocycles. The predicted molar refractivity (Wildman–Crippen MR) is 96.9 cm³/mol. The average molecular weight is 326 g/mol. The molecule has 3 atom stereocenters. The number of hydrogen-bond donors (Lipinski definition) is 0. The zero-order valence-electron chi connectivity index (χ0n) is 14.9. The first-order valence-electron chi connectivity index (χ1n) is 9.81. The molecule has 130 valence electrons. The predicted octanol–water partition coefficient (Wildman–Crippen LogP) is 3.66. The van der Waals surface area contributed by atoms with Gasteiger partial charge in [0.2, 0.25) is 5.91 Å². The Labute approximate surface area is 146 Å². The van der Waals surface area contributed by atoms with Crippen LogP contribution in [0.3, 0.4) is 0 Å². The molecule has 4 rings (SSSR count). The summed E-state index contributed by atoms with van der Waals surface area (Å²) in [6.07, 6.45) is 8.27. The topological polar surface area (TPSA) is 23.6 Å². The molecule has 2 aliphatic heterocycles. The first kappa shape index (κ1) is 16.1. The summed E-state index contributed by atoms with van der Waals surface area (Å²) in [5.41, 5.74) is 1.46. The minimum Gasteiger partial charge on any atom is -0.338 e. The first-order valence-corrected chi connectivity index (χ1v) is 9.81.